The number of aromatic hydroxyl groups is 1. The van der Waals surface area contributed by atoms with Crippen LogP contribution >= 0.6 is 0 Å². The Morgan fingerprint density at radius 1 is 0.966 bits per heavy atom. The molecule has 1 aliphatic heterocycles. The Bertz CT molecular complexity index is 995. The van der Waals surface area contributed by atoms with Gasteiger partial charge in [-0.05, 0) is 36.6 Å². The Morgan fingerprint density at radius 2 is 1.66 bits per heavy atom. The normalized spacial score (nSPS) is 19.1. The van der Waals surface area contributed by atoms with Crippen LogP contribution < -0.4 is 0 Å². The summed E-state index contributed by atoms with van der Waals surface area (Å²) in [5.74, 6) is -1.29. The highest BCUT2D eigenvalue weighted by Crippen LogP contribution is 2.42. The third-order valence-electron chi connectivity index (χ3n) is 5.45. The van der Waals surface area contributed by atoms with Crippen molar-refractivity contribution in [2.24, 2.45) is 0 Å². The van der Waals surface area contributed by atoms with Gasteiger partial charge in [-0.3, -0.25) is 9.59 Å². The molecule has 0 aliphatic carbocycles. The number of carbonyl (C=O) groups excluding carboxylic acids is 2. The van der Waals surface area contributed by atoms with E-state index in [2.05, 4.69) is 4.98 Å². The van der Waals surface area contributed by atoms with E-state index in [-0.39, 0.29) is 11.8 Å². The maximum atomic E-state index is 13.0. The van der Waals surface area contributed by atoms with Gasteiger partial charge in [0.15, 0.2) is 0 Å². The molecular weight excluding hydrogens is 366 g/mol. The van der Waals surface area contributed by atoms with Crippen molar-refractivity contribution in [2.75, 3.05) is 6.54 Å². The molecule has 2 aromatic carbocycles. The molecule has 0 spiro atoms. The number of aromatic nitrogens is 2. The summed E-state index contributed by atoms with van der Waals surface area (Å²) < 4.78 is 1.96. The fourth-order valence-electron chi connectivity index (χ4n) is 3.96. The Kier molecular flexibility index (Phi) is 5.16. The van der Waals surface area contributed by atoms with E-state index in [1.165, 1.54) is 0 Å². The molecule has 1 amide bonds. The maximum absolute atomic E-state index is 13.0. The van der Waals surface area contributed by atoms with Crippen LogP contribution in [0.3, 0.4) is 0 Å². The van der Waals surface area contributed by atoms with E-state index >= 15 is 0 Å². The lowest BCUT2D eigenvalue weighted by atomic mass is 9.86. The van der Waals surface area contributed by atoms with Crippen molar-refractivity contribution in [1.29, 1.82) is 0 Å². The summed E-state index contributed by atoms with van der Waals surface area (Å²) in [7, 11) is 0. The van der Waals surface area contributed by atoms with Crippen molar-refractivity contribution >= 4 is 11.7 Å². The molecule has 29 heavy (non-hydrogen) atoms. The molecule has 2 heterocycles. The van der Waals surface area contributed by atoms with E-state index in [0.29, 0.717) is 6.54 Å². The smallest absolute Gasteiger partial charge is 0.291 e. The van der Waals surface area contributed by atoms with E-state index in [0.717, 1.165) is 29.7 Å². The summed E-state index contributed by atoms with van der Waals surface area (Å²) in [4.78, 5) is 31.6. The standard InChI is InChI=1S/C23H23N3O3/c1-16-3-5-18(6-4-16)21-20(17-7-9-19(27)10-8-17)22(28)23(29)26(21)13-2-12-25-14-11-24-15-25/h3-11,14-15,20-21,27H,2,12-13H2,1H3. The lowest BCUT2D eigenvalue weighted by Gasteiger charge is -2.28. The fraction of sp³-hybridized carbons (Fsp3) is 0.261. The second-order valence-electron chi connectivity index (χ2n) is 7.44. The van der Waals surface area contributed by atoms with Crippen LogP contribution in [0.2, 0.25) is 0 Å². The number of amides is 1. The average Bonchev–Trinajstić information content (AvgIpc) is 3.32. The summed E-state index contributed by atoms with van der Waals surface area (Å²) in [5.41, 5.74) is 2.80. The van der Waals surface area contributed by atoms with Crippen molar-refractivity contribution in [3.63, 3.8) is 0 Å². The Balaban J connectivity index is 1.66. The third kappa shape index (κ3) is 3.78. The Labute approximate surface area is 169 Å². The number of phenols is 1. The van der Waals surface area contributed by atoms with Gasteiger partial charge in [0.2, 0.25) is 5.78 Å². The molecule has 1 aromatic heterocycles. The van der Waals surface area contributed by atoms with Crippen LogP contribution in [0, 0.1) is 6.92 Å². The quantitative estimate of drug-likeness (QED) is 0.657. The van der Waals surface area contributed by atoms with Gasteiger partial charge in [-0.1, -0.05) is 42.0 Å². The highest BCUT2D eigenvalue weighted by Gasteiger charge is 2.48. The molecule has 4 rings (SSSR count). The van der Waals surface area contributed by atoms with Crippen molar-refractivity contribution in [2.45, 2.75) is 31.8 Å². The number of Topliss-reactive ketones (excluding diaryl/α,β-unsaturated/α-hetero) is 1. The summed E-state index contributed by atoms with van der Waals surface area (Å²) in [6.45, 7) is 3.22. The zero-order valence-corrected chi connectivity index (χ0v) is 16.2. The van der Waals surface area contributed by atoms with Gasteiger partial charge in [0.25, 0.3) is 5.91 Å². The molecule has 6 heteroatoms. The number of hydrogen-bond acceptors (Lipinski definition) is 4. The van der Waals surface area contributed by atoms with Gasteiger partial charge in [0.1, 0.15) is 5.75 Å². The summed E-state index contributed by atoms with van der Waals surface area (Å²) >= 11 is 0. The van der Waals surface area contributed by atoms with E-state index in [1.54, 1.807) is 41.7 Å². The van der Waals surface area contributed by atoms with Crippen LogP contribution in [0.5, 0.6) is 5.75 Å². The molecule has 0 bridgehead atoms. The van der Waals surface area contributed by atoms with Crippen molar-refractivity contribution in [1.82, 2.24) is 14.5 Å². The first kappa shape index (κ1) is 18.9. The Hall–Kier alpha value is -3.41. The highest BCUT2D eigenvalue weighted by atomic mass is 16.3. The van der Waals surface area contributed by atoms with Crippen molar-refractivity contribution in [3.05, 3.63) is 83.9 Å². The summed E-state index contributed by atoms with van der Waals surface area (Å²) in [5, 5.41) is 9.62. The number of hydrogen-bond donors (Lipinski definition) is 1. The summed E-state index contributed by atoms with van der Waals surface area (Å²) in [6.07, 6.45) is 6.07. The number of phenolic OH excluding ortho intramolecular Hbond substituents is 1. The zero-order valence-electron chi connectivity index (χ0n) is 16.2. The minimum Gasteiger partial charge on any atom is -0.508 e. The lowest BCUT2D eigenvalue weighted by Crippen LogP contribution is -2.31. The van der Waals surface area contributed by atoms with Gasteiger partial charge >= 0.3 is 0 Å². The summed E-state index contributed by atoms with van der Waals surface area (Å²) in [6, 6.07) is 14.2. The number of carbonyl (C=O) groups is 2. The van der Waals surface area contributed by atoms with Crippen LogP contribution in [0.25, 0.3) is 0 Å². The van der Waals surface area contributed by atoms with Gasteiger partial charge in [-0.2, -0.15) is 0 Å². The van der Waals surface area contributed by atoms with E-state index in [9.17, 15) is 14.7 Å². The van der Waals surface area contributed by atoms with E-state index < -0.39 is 17.6 Å². The molecule has 0 radical (unpaired) electrons. The highest BCUT2D eigenvalue weighted by molar-refractivity contribution is 6.40. The third-order valence-corrected chi connectivity index (χ3v) is 5.45. The molecule has 148 valence electrons. The monoisotopic (exact) mass is 389 g/mol. The first-order valence-electron chi connectivity index (χ1n) is 9.70. The minimum absolute atomic E-state index is 0.134. The fourth-order valence-corrected chi connectivity index (χ4v) is 3.96. The van der Waals surface area contributed by atoms with Gasteiger partial charge in [0.05, 0.1) is 18.3 Å². The number of imidazole rings is 1. The molecule has 1 saturated heterocycles. The number of aryl methyl sites for hydroxylation is 2. The molecule has 1 N–H and O–H groups in total. The average molecular weight is 389 g/mol. The van der Waals surface area contributed by atoms with Gasteiger partial charge < -0.3 is 14.6 Å². The molecule has 0 saturated carbocycles. The molecule has 1 aliphatic rings. The van der Waals surface area contributed by atoms with Crippen LogP contribution in [0.15, 0.2) is 67.3 Å². The molecule has 3 aromatic rings. The molecule has 2 unspecified atom stereocenters. The zero-order chi connectivity index (χ0) is 20.4. The number of rotatable bonds is 6. The predicted octanol–water partition coefficient (Wildman–Crippen LogP) is 3.22. The lowest BCUT2D eigenvalue weighted by molar-refractivity contribution is -0.140. The van der Waals surface area contributed by atoms with Gasteiger partial charge in [-0.15, -0.1) is 0 Å². The van der Waals surface area contributed by atoms with Gasteiger partial charge in [-0.25, -0.2) is 4.98 Å². The van der Waals surface area contributed by atoms with Crippen LogP contribution in [-0.4, -0.2) is 37.8 Å². The van der Waals surface area contributed by atoms with Crippen molar-refractivity contribution in [3.8, 4) is 5.75 Å². The van der Waals surface area contributed by atoms with Crippen molar-refractivity contribution < 1.29 is 14.7 Å². The number of likely N-dealkylation sites (tertiary alicyclic amines) is 1. The van der Waals surface area contributed by atoms with Crippen LogP contribution in [-0.2, 0) is 16.1 Å². The molecular formula is C23H23N3O3. The van der Waals surface area contributed by atoms with E-state index in [1.807, 2.05) is 42.0 Å². The SMILES string of the molecule is Cc1ccc(C2C(c3ccc(O)cc3)C(=O)C(=O)N2CCCn2ccnc2)cc1. The molecule has 1 fully saturated rings. The predicted molar refractivity (Wildman–Crippen MR) is 108 cm³/mol. The molecule has 6 nitrogen and oxygen atoms in total. The van der Waals surface area contributed by atoms with Gasteiger partial charge in [0, 0.05) is 25.5 Å². The largest absolute Gasteiger partial charge is 0.508 e. The first-order chi connectivity index (χ1) is 14.0. The second-order valence-corrected chi connectivity index (χ2v) is 7.44. The molecule has 2 atom stereocenters. The maximum Gasteiger partial charge on any atom is 0.291 e. The number of ketones is 1. The minimum atomic E-state index is -0.584. The van der Waals surface area contributed by atoms with Crippen LogP contribution in [0.4, 0.5) is 0 Å². The Morgan fingerprint density at radius 3 is 2.31 bits per heavy atom. The first-order valence-corrected chi connectivity index (χ1v) is 9.70. The van der Waals surface area contributed by atoms with Crippen LogP contribution in [0.1, 0.15) is 35.1 Å². The topological polar surface area (TPSA) is 75.4 Å². The number of benzene rings is 2. The second kappa shape index (κ2) is 7.91. The van der Waals surface area contributed by atoms with E-state index in [4.69, 9.17) is 0 Å². The number of nitrogens with zero attached hydrogens (tertiary/aromatic N) is 3.